The summed E-state index contributed by atoms with van der Waals surface area (Å²) in [6.07, 6.45) is 1.67. The monoisotopic (exact) mass is 274 g/mol. The van der Waals surface area contributed by atoms with Gasteiger partial charge >= 0.3 is 5.97 Å². The summed E-state index contributed by atoms with van der Waals surface area (Å²) in [5, 5.41) is 0.438. The molecule has 0 radical (unpaired) electrons. The fraction of sp³-hybridized carbons (Fsp3) is 0.154. The van der Waals surface area contributed by atoms with Crippen LogP contribution in [-0.4, -0.2) is 22.5 Å². The second-order valence-corrected chi connectivity index (χ2v) is 5.15. The van der Waals surface area contributed by atoms with E-state index in [2.05, 4.69) is 9.72 Å². The number of rotatable bonds is 1. The Hall–Kier alpha value is -2.21. The van der Waals surface area contributed by atoms with Crippen LogP contribution in [0, 0.1) is 6.92 Å². The van der Waals surface area contributed by atoms with Gasteiger partial charge < -0.3 is 4.74 Å². The number of ether oxygens (including phenoxy) is 1. The van der Waals surface area contributed by atoms with E-state index in [-0.39, 0.29) is 5.56 Å². The average molecular weight is 274 g/mol. The lowest BCUT2D eigenvalue weighted by molar-refractivity contribution is 0.0606. The molecule has 3 heterocycles. The third kappa shape index (κ3) is 1.72. The second kappa shape index (κ2) is 4.17. The quantitative estimate of drug-likeness (QED) is 0.637. The van der Waals surface area contributed by atoms with Crippen LogP contribution in [0.25, 0.3) is 15.9 Å². The first-order chi connectivity index (χ1) is 9.11. The van der Waals surface area contributed by atoms with E-state index in [1.54, 1.807) is 12.3 Å². The van der Waals surface area contributed by atoms with E-state index in [9.17, 15) is 9.59 Å². The highest BCUT2D eigenvalue weighted by molar-refractivity contribution is 7.20. The van der Waals surface area contributed by atoms with Crippen LogP contribution in [0.15, 0.2) is 29.2 Å². The largest absolute Gasteiger partial charge is 0.465 e. The lowest BCUT2D eigenvalue weighted by atomic mass is 10.3. The van der Waals surface area contributed by atoms with Crippen LogP contribution in [0.3, 0.4) is 0 Å². The first kappa shape index (κ1) is 11.9. The number of thiophene rings is 1. The highest BCUT2D eigenvalue weighted by Crippen LogP contribution is 2.23. The van der Waals surface area contributed by atoms with Gasteiger partial charge in [0, 0.05) is 6.20 Å². The Morgan fingerprint density at radius 3 is 3.00 bits per heavy atom. The predicted molar refractivity (Wildman–Crippen MR) is 72.9 cm³/mol. The number of esters is 1. The van der Waals surface area contributed by atoms with Crippen molar-refractivity contribution in [3.8, 4) is 0 Å². The minimum Gasteiger partial charge on any atom is -0.465 e. The molecule has 3 rings (SSSR count). The summed E-state index contributed by atoms with van der Waals surface area (Å²) in [6, 6.07) is 5.23. The van der Waals surface area contributed by atoms with Crippen molar-refractivity contribution < 1.29 is 9.53 Å². The number of aryl methyl sites for hydroxylation is 1. The zero-order valence-corrected chi connectivity index (χ0v) is 11.2. The van der Waals surface area contributed by atoms with Gasteiger partial charge in [-0.05, 0) is 24.6 Å². The molecule has 0 unspecified atom stereocenters. The molecule has 0 fully saturated rings. The summed E-state index contributed by atoms with van der Waals surface area (Å²) in [4.78, 5) is 29.2. The average Bonchev–Trinajstić information content (AvgIpc) is 2.84. The van der Waals surface area contributed by atoms with E-state index >= 15 is 0 Å². The number of methoxy groups -OCH3 is 1. The first-order valence-electron chi connectivity index (χ1n) is 5.61. The molecule has 0 N–H and O–H groups in total. The van der Waals surface area contributed by atoms with Gasteiger partial charge in [-0.15, -0.1) is 11.3 Å². The van der Waals surface area contributed by atoms with Crippen LogP contribution in [-0.2, 0) is 4.74 Å². The third-order valence-electron chi connectivity index (χ3n) is 2.92. The maximum Gasteiger partial charge on any atom is 0.348 e. The molecule has 19 heavy (non-hydrogen) atoms. The van der Waals surface area contributed by atoms with Crippen molar-refractivity contribution in [2.24, 2.45) is 0 Å². The van der Waals surface area contributed by atoms with Gasteiger partial charge in [0.15, 0.2) is 0 Å². The normalized spacial score (nSPS) is 11.1. The zero-order chi connectivity index (χ0) is 13.6. The van der Waals surface area contributed by atoms with E-state index in [0.29, 0.717) is 20.7 Å². The van der Waals surface area contributed by atoms with Crippen molar-refractivity contribution in [3.63, 3.8) is 0 Å². The Balaban J connectivity index is 2.43. The summed E-state index contributed by atoms with van der Waals surface area (Å²) in [7, 11) is 1.31. The number of hydrogen-bond donors (Lipinski definition) is 0. The lowest BCUT2D eigenvalue weighted by Gasteiger charge is -2.02. The number of aromatic nitrogens is 2. The van der Waals surface area contributed by atoms with Crippen molar-refractivity contribution in [3.05, 3.63) is 45.2 Å². The van der Waals surface area contributed by atoms with Crippen LogP contribution >= 0.6 is 11.3 Å². The van der Waals surface area contributed by atoms with Gasteiger partial charge in [0.2, 0.25) is 0 Å². The number of pyridine rings is 1. The predicted octanol–water partition coefficient (Wildman–Crippen LogP) is 2.00. The Bertz CT molecular complexity index is 863. The van der Waals surface area contributed by atoms with E-state index in [0.717, 1.165) is 5.56 Å². The lowest BCUT2D eigenvalue weighted by Crippen LogP contribution is -2.14. The Kier molecular flexibility index (Phi) is 2.60. The summed E-state index contributed by atoms with van der Waals surface area (Å²) >= 11 is 1.17. The van der Waals surface area contributed by atoms with Crippen molar-refractivity contribution in [2.75, 3.05) is 7.11 Å². The molecule has 0 saturated carbocycles. The van der Waals surface area contributed by atoms with E-state index in [1.165, 1.54) is 28.9 Å². The van der Waals surface area contributed by atoms with Gasteiger partial charge in [-0.2, -0.15) is 0 Å². The first-order valence-corrected chi connectivity index (χ1v) is 6.43. The second-order valence-electron chi connectivity index (χ2n) is 4.12. The standard InChI is InChI=1S/C13H10N2O3S/c1-7-4-3-5-15-10(7)14-11-8(12(15)16)6-9(19-11)13(17)18-2/h3-6H,1-2H3. The molecule has 96 valence electrons. The van der Waals surface area contributed by atoms with Gasteiger partial charge in [-0.3, -0.25) is 9.20 Å². The Labute approximate surface area is 112 Å². The van der Waals surface area contributed by atoms with Gasteiger partial charge in [-0.1, -0.05) is 6.07 Å². The number of fused-ring (bicyclic) bond motifs is 2. The van der Waals surface area contributed by atoms with E-state index in [4.69, 9.17) is 0 Å². The number of nitrogens with zero attached hydrogens (tertiary/aromatic N) is 2. The minimum absolute atomic E-state index is 0.171. The third-order valence-corrected chi connectivity index (χ3v) is 3.93. The molecule has 0 aliphatic heterocycles. The maximum atomic E-state index is 12.3. The van der Waals surface area contributed by atoms with Gasteiger partial charge in [-0.25, -0.2) is 9.78 Å². The summed E-state index contributed by atoms with van der Waals surface area (Å²) in [5.74, 6) is -0.451. The van der Waals surface area contributed by atoms with Crippen LogP contribution in [0.4, 0.5) is 0 Å². The molecule has 0 aliphatic rings. The molecule has 0 bridgehead atoms. The molecule has 0 aliphatic carbocycles. The van der Waals surface area contributed by atoms with Crippen LogP contribution in [0.2, 0.25) is 0 Å². The SMILES string of the molecule is COC(=O)c1cc2c(=O)n3cccc(C)c3nc2s1. The molecular formula is C13H10N2O3S. The summed E-state index contributed by atoms with van der Waals surface area (Å²) in [6.45, 7) is 1.89. The summed E-state index contributed by atoms with van der Waals surface area (Å²) in [5.41, 5.74) is 1.35. The molecule has 0 saturated heterocycles. The molecule has 6 heteroatoms. The van der Waals surface area contributed by atoms with Crippen LogP contribution in [0.5, 0.6) is 0 Å². The molecule has 0 atom stereocenters. The molecule has 0 spiro atoms. The van der Waals surface area contributed by atoms with Crippen molar-refractivity contribution in [1.29, 1.82) is 0 Å². The summed E-state index contributed by atoms with van der Waals surface area (Å²) < 4.78 is 6.15. The topological polar surface area (TPSA) is 60.7 Å². The smallest absolute Gasteiger partial charge is 0.348 e. The number of carbonyl (C=O) groups excluding carboxylic acids is 1. The zero-order valence-electron chi connectivity index (χ0n) is 10.3. The molecule has 3 aromatic heterocycles. The van der Waals surface area contributed by atoms with Crippen molar-refractivity contribution >= 4 is 33.2 Å². The Morgan fingerprint density at radius 2 is 2.26 bits per heavy atom. The van der Waals surface area contributed by atoms with Gasteiger partial charge in [0.25, 0.3) is 5.56 Å². The highest BCUT2D eigenvalue weighted by atomic mass is 32.1. The van der Waals surface area contributed by atoms with Gasteiger partial charge in [0.1, 0.15) is 15.4 Å². The van der Waals surface area contributed by atoms with Gasteiger partial charge in [0.05, 0.1) is 12.5 Å². The molecular weight excluding hydrogens is 264 g/mol. The Morgan fingerprint density at radius 1 is 1.47 bits per heavy atom. The van der Waals surface area contributed by atoms with Crippen LogP contribution < -0.4 is 5.56 Å². The fourth-order valence-electron chi connectivity index (χ4n) is 1.96. The number of carbonyl (C=O) groups is 1. The van der Waals surface area contributed by atoms with Crippen LogP contribution in [0.1, 0.15) is 15.2 Å². The maximum absolute atomic E-state index is 12.3. The molecule has 0 amide bonds. The minimum atomic E-state index is -0.451. The highest BCUT2D eigenvalue weighted by Gasteiger charge is 2.15. The van der Waals surface area contributed by atoms with E-state index < -0.39 is 5.97 Å². The van der Waals surface area contributed by atoms with E-state index in [1.807, 2.05) is 13.0 Å². The van der Waals surface area contributed by atoms with Crippen molar-refractivity contribution in [1.82, 2.24) is 9.38 Å². The fourth-order valence-corrected chi connectivity index (χ4v) is 2.90. The number of hydrogen-bond acceptors (Lipinski definition) is 5. The van der Waals surface area contributed by atoms with Crippen molar-refractivity contribution in [2.45, 2.75) is 6.92 Å². The molecule has 5 nitrogen and oxygen atoms in total. The molecule has 3 aromatic rings. The molecule has 0 aromatic carbocycles.